The van der Waals surface area contributed by atoms with E-state index in [0.29, 0.717) is 17.4 Å². The smallest absolute Gasteiger partial charge is 0.268 e. The van der Waals surface area contributed by atoms with E-state index < -0.39 is 20.0 Å². The molecule has 0 aromatic rings. The lowest BCUT2D eigenvalue weighted by Crippen LogP contribution is -2.45. The molecular formula is C80H159N2O6P. The number of likely N-dealkylation sites (N-methyl/N-ethyl adjacent to an activating group) is 1. The summed E-state index contributed by atoms with van der Waals surface area (Å²) < 4.78 is 23.5. The van der Waals surface area contributed by atoms with Crippen LogP contribution in [0, 0.1) is 0 Å². The lowest BCUT2D eigenvalue weighted by molar-refractivity contribution is -0.870. The molecule has 0 aliphatic carbocycles. The summed E-state index contributed by atoms with van der Waals surface area (Å²) in [5, 5.41) is 14.0. The maximum absolute atomic E-state index is 13.1. The number of phosphoric ester groups is 1. The van der Waals surface area contributed by atoms with Crippen molar-refractivity contribution >= 4 is 13.7 Å². The first-order valence-electron chi connectivity index (χ1n) is 40.2. The highest BCUT2D eigenvalue weighted by Crippen LogP contribution is 2.38. The Hall–Kier alpha value is -1.02. The van der Waals surface area contributed by atoms with Crippen molar-refractivity contribution in [3.8, 4) is 0 Å². The summed E-state index contributed by atoms with van der Waals surface area (Å²) in [4.78, 5) is 25.7. The normalized spacial score (nSPS) is 13.6. The van der Waals surface area contributed by atoms with E-state index in [4.69, 9.17) is 9.05 Å². The van der Waals surface area contributed by atoms with Crippen molar-refractivity contribution in [1.29, 1.82) is 0 Å². The van der Waals surface area contributed by atoms with Crippen molar-refractivity contribution in [1.82, 2.24) is 5.32 Å². The Kier molecular flexibility index (Phi) is 70.5. The zero-order chi connectivity index (χ0) is 64.8. The van der Waals surface area contributed by atoms with Gasteiger partial charge in [-0.3, -0.25) is 9.36 Å². The zero-order valence-corrected chi connectivity index (χ0v) is 61.8. The summed E-state index contributed by atoms with van der Waals surface area (Å²) in [5.41, 5.74) is 0. The van der Waals surface area contributed by atoms with Gasteiger partial charge in [0, 0.05) is 6.42 Å². The van der Waals surface area contributed by atoms with Crippen LogP contribution < -0.4 is 10.2 Å². The highest BCUT2D eigenvalue weighted by atomic mass is 31.2. The second-order valence-electron chi connectivity index (χ2n) is 29.1. The Balaban J connectivity index is 3.89. The van der Waals surface area contributed by atoms with Gasteiger partial charge in [-0.2, -0.15) is 0 Å². The van der Waals surface area contributed by atoms with Gasteiger partial charge >= 0.3 is 0 Å². The fourth-order valence-electron chi connectivity index (χ4n) is 12.7. The Morgan fingerprint density at radius 3 is 0.876 bits per heavy atom. The third-order valence-electron chi connectivity index (χ3n) is 18.9. The van der Waals surface area contributed by atoms with Gasteiger partial charge in [0.1, 0.15) is 13.2 Å². The number of hydrogen-bond donors (Lipinski definition) is 2. The Morgan fingerprint density at radius 2 is 0.618 bits per heavy atom. The van der Waals surface area contributed by atoms with Crippen molar-refractivity contribution in [2.24, 2.45) is 0 Å². The molecule has 0 bridgehead atoms. The molecule has 9 heteroatoms. The molecule has 530 valence electrons. The minimum Gasteiger partial charge on any atom is -0.756 e. The number of phosphoric acid groups is 1. The summed E-state index contributed by atoms with van der Waals surface area (Å²) in [6, 6.07) is -0.885. The molecule has 0 fully saturated rings. The van der Waals surface area contributed by atoms with E-state index in [-0.39, 0.29) is 19.1 Å². The van der Waals surface area contributed by atoms with Crippen LogP contribution in [-0.4, -0.2) is 68.5 Å². The second kappa shape index (κ2) is 71.3. The number of allylic oxidation sites excluding steroid dienone is 3. The first-order chi connectivity index (χ1) is 43.5. The first-order valence-corrected chi connectivity index (χ1v) is 41.7. The average Bonchev–Trinajstić information content (AvgIpc) is 3.61. The van der Waals surface area contributed by atoms with Crippen molar-refractivity contribution in [2.75, 3.05) is 40.9 Å². The number of rotatable bonds is 76. The number of quaternary nitrogens is 1. The van der Waals surface area contributed by atoms with Crippen LogP contribution in [0.25, 0.3) is 0 Å². The van der Waals surface area contributed by atoms with Gasteiger partial charge < -0.3 is 28.8 Å². The van der Waals surface area contributed by atoms with Crippen LogP contribution in [0.15, 0.2) is 24.3 Å². The molecule has 3 unspecified atom stereocenters. The molecule has 0 rings (SSSR count). The Labute approximate surface area is 557 Å². The van der Waals surface area contributed by atoms with Gasteiger partial charge in [-0.15, -0.1) is 0 Å². The van der Waals surface area contributed by atoms with Crippen LogP contribution in [0.5, 0.6) is 0 Å². The second-order valence-corrected chi connectivity index (χ2v) is 30.5. The average molecular weight is 1280 g/mol. The predicted octanol–water partition coefficient (Wildman–Crippen LogP) is 25.5. The highest BCUT2D eigenvalue weighted by Gasteiger charge is 2.23. The van der Waals surface area contributed by atoms with Crippen LogP contribution in [0.1, 0.15) is 431 Å². The number of amides is 1. The highest BCUT2D eigenvalue weighted by molar-refractivity contribution is 7.45. The summed E-state index contributed by atoms with van der Waals surface area (Å²) in [6.45, 7) is 4.72. The van der Waals surface area contributed by atoms with Crippen molar-refractivity contribution in [2.45, 2.75) is 443 Å². The van der Waals surface area contributed by atoms with Crippen LogP contribution in [0.3, 0.4) is 0 Å². The molecule has 0 aliphatic heterocycles. The van der Waals surface area contributed by atoms with E-state index in [0.717, 1.165) is 38.5 Å². The predicted molar refractivity (Wildman–Crippen MR) is 390 cm³/mol. The number of nitrogens with one attached hydrogen (secondary N) is 1. The van der Waals surface area contributed by atoms with Crippen LogP contribution >= 0.6 is 7.82 Å². The van der Waals surface area contributed by atoms with Gasteiger partial charge in [0.25, 0.3) is 7.82 Å². The molecule has 1 amide bonds. The largest absolute Gasteiger partial charge is 0.756 e. The molecule has 8 nitrogen and oxygen atoms in total. The monoisotopic (exact) mass is 1280 g/mol. The van der Waals surface area contributed by atoms with Gasteiger partial charge in [-0.25, -0.2) is 0 Å². The number of unbranched alkanes of at least 4 members (excludes halogenated alkanes) is 61. The lowest BCUT2D eigenvalue weighted by atomic mass is 10.0. The van der Waals surface area contributed by atoms with Crippen LogP contribution in [0.4, 0.5) is 0 Å². The molecular weight excluding hydrogens is 1120 g/mol. The summed E-state index contributed by atoms with van der Waals surface area (Å²) in [5.74, 6) is -0.187. The van der Waals surface area contributed by atoms with Gasteiger partial charge in [0.15, 0.2) is 0 Å². The third kappa shape index (κ3) is 74.2. The van der Waals surface area contributed by atoms with Crippen LogP contribution in [-0.2, 0) is 18.4 Å². The molecule has 0 heterocycles. The molecule has 0 aliphatic rings. The van der Waals surface area contributed by atoms with Crippen LogP contribution in [0.2, 0.25) is 0 Å². The topological polar surface area (TPSA) is 108 Å². The van der Waals surface area contributed by atoms with Gasteiger partial charge in [0.2, 0.25) is 5.91 Å². The van der Waals surface area contributed by atoms with E-state index in [1.54, 1.807) is 6.08 Å². The summed E-state index contributed by atoms with van der Waals surface area (Å²) in [6.07, 6.45) is 95.0. The first kappa shape index (κ1) is 88.0. The maximum atomic E-state index is 13.1. The molecule has 0 radical (unpaired) electrons. The van der Waals surface area contributed by atoms with E-state index in [1.807, 2.05) is 27.2 Å². The van der Waals surface area contributed by atoms with E-state index in [1.165, 1.54) is 372 Å². The van der Waals surface area contributed by atoms with E-state index in [9.17, 15) is 19.4 Å². The minimum atomic E-state index is -4.60. The maximum Gasteiger partial charge on any atom is 0.268 e. The zero-order valence-electron chi connectivity index (χ0n) is 60.9. The summed E-state index contributed by atoms with van der Waals surface area (Å²) >= 11 is 0. The number of carbonyl (C=O) groups excluding carboxylic acids is 1. The molecule has 0 spiro atoms. The van der Waals surface area contributed by atoms with E-state index in [2.05, 4.69) is 31.3 Å². The van der Waals surface area contributed by atoms with Crippen molar-refractivity contribution < 1.29 is 32.9 Å². The van der Waals surface area contributed by atoms with E-state index >= 15 is 0 Å². The summed E-state index contributed by atoms with van der Waals surface area (Å²) in [7, 11) is 1.29. The molecule has 2 N–H and O–H groups in total. The molecule has 89 heavy (non-hydrogen) atoms. The molecule has 0 saturated heterocycles. The molecule has 0 aromatic heterocycles. The van der Waals surface area contributed by atoms with Gasteiger partial charge in [-0.05, 0) is 44.9 Å². The fraction of sp³-hybridized carbons (Fsp3) is 0.938. The SMILES string of the molecule is CCCCCCCCCC/C=C\CCCCCCCCCCCCCCCCCCCCCCCCCCCCCCCC(=O)NC(COP(=O)([O-])OCC[N+](C)(C)C)C(O)/C=C/CCCCCCCCCCCCCCCCCCCCCCCCCC. The lowest BCUT2D eigenvalue weighted by Gasteiger charge is -2.29. The quantitative estimate of drug-likeness (QED) is 0.0272. The Bertz CT molecular complexity index is 1500. The number of aliphatic hydroxyl groups is 1. The molecule has 0 saturated carbocycles. The number of aliphatic hydroxyl groups excluding tert-OH is 1. The Morgan fingerprint density at radius 1 is 0.382 bits per heavy atom. The minimum absolute atomic E-state index is 0.00252. The molecule has 0 aromatic carbocycles. The standard InChI is InChI=1S/C80H159N2O6P/c1-6-8-10-12-14-16-18-20-22-24-26-28-30-32-34-35-36-37-38-39-40-41-42-43-44-45-46-47-48-50-52-54-56-58-60-62-64-66-68-70-72-74-80(84)81-78(77-88-89(85,86)87-76-75-82(3,4)5)79(83)73-71-69-67-65-63-61-59-57-55-53-51-49-33-31-29-27-25-23-21-19-17-15-13-11-9-7-2/h24,26,71,73,78-79,83H,6-23,25,27-70,72,74-77H2,1-5H3,(H-,81,84,85,86)/b26-24-,73-71+. The number of carbonyl (C=O) groups is 1. The van der Waals surface area contributed by atoms with Crippen molar-refractivity contribution in [3.63, 3.8) is 0 Å². The number of nitrogens with zero attached hydrogens (tertiary/aromatic N) is 1. The third-order valence-corrected chi connectivity index (χ3v) is 19.9. The number of hydrogen-bond acceptors (Lipinski definition) is 6. The van der Waals surface area contributed by atoms with Crippen molar-refractivity contribution in [3.05, 3.63) is 24.3 Å². The van der Waals surface area contributed by atoms with Gasteiger partial charge in [-0.1, -0.05) is 404 Å². The van der Waals surface area contributed by atoms with Gasteiger partial charge in [0.05, 0.1) is 39.9 Å². The fourth-order valence-corrected chi connectivity index (χ4v) is 13.4. The molecule has 3 atom stereocenters.